The fraction of sp³-hybridized carbons (Fsp3) is 0.947. The molecule has 4 atom stereocenters. The lowest BCUT2D eigenvalue weighted by Gasteiger charge is -2.33. The normalized spacial score (nSPS) is 39.1. The van der Waals surface area contributed by atoms with E-state index in [0.717, 1.165) is 12.3 Å². The monoisotopic (exact) mass is 291 g/mol. The Morgan fingerprint density at radius 3 is 1.86 bits per heavy atom. The van der Waals surface area contributed by atoms with Crippen molar-refractivity contribution in [3.8, 4) is 0 Å². The molecule has 0 spiro atoms. The first-order valence-electron chi connectivity index (χ1n) is 9.66. The number of nitrogens with one attached hydrogen (secondary N) is 1. The maximum absolute atomic E-state index is 12.5. The van der Waals surface area contributed by atoms with E-state index in [1.165, 1.54) is 83.5 Å². The molecule has 3 aliphatic rings. The van der Waals surface area contributed by atoms with Gasteiger partial charge in [0.15, 0.2) is 0 Å². The van der Waals surface area contributed by atoms with Crippen molar-refractivity contribution < 1.29 is 4.79 Å². The number of amides is 1. The Morgan fingerprint density at radius 1 is 0.667 bits per heavy atom. The lowest BCUT2D eigenvalue weighted by molar-refractivity contribution is -0.123. The van der Waals surface area contributed by atoms with Crippen molar-refractivity contribution in [2.24, 2.45) is 17.8 Å². The molecule has 1 N–H and O–H groups in total. The minimum atomic E-state index is 0.345. The van der Waals surface area contributed by atoms with Gasteiger partial charge in [-0.25, -0.2) is 0 Å². The van der Waals surface area contributed by atoms with Crippen molar-refractivity contribution >= 4 is 5.91 Å². The van der Waals surface area contributed by atoms with Crippen LogP contribution in [0.5, 0.6) is 0 Å². The van der Waals surface area contributed by atoms with Crippen LogP contribution in [0.2, 0.25) is 0 Å². The Kier molecular flexibility index (Phi) is 5.60. The van der Waals surface area contributed by atoms with Crippen molar-refractivity contribution in [3.05, 3.63) is 0 Å². The van der Waals surface area contributed by atoms with Crippen LogP contribution in [-0.4, -0.2) is 11.9 Å². The number of carbonyl (C=O) groups excluding carboxylic acids is 1. The number of hydrogen-bond donors (Lipinski definition) is 1. The van der Waals surface area contributed by atoms with Gasteiger partial charge in [-0.1, -0.05) is 77.0 Å². The number of rotatable bonds is 0. The standard InChI is InChI=1S/C19H33NO/c21-19-16-13-9-5-1-3-7-11-15-12-8-4-2-6-10-14-17(20-19)18(15)16/h15-18H,1-14H2,(H,20,21). The average Bonchev–Trinajstić information content (AvgIpc) is 2.80. The first-order chi connectivity index (χ1) is 10.4. The van der Waals surface area contributed by atoms with Crippen LogP contribution in [0.15, 0.2) is 0 Å². The first kappa shape index (κ1) is 15.4. The van der Waals surface area contributed by atoms with Gasteiger partial charge in [-0.2, -0.15) is 0 Å². The third-order valence-corrected chi connectivity index (χ3v) is 6.32. The van der Waals surface area contributed by atoms with Crippen LogP contribution < -0.4 is 5.32 Å². The maximum atomic E-state index is 12.5. The summed E-state index contributed by atoms with van der Waals surface area (Å²) < 4.78 is 0. The van der Waals surface area contributed by atoms with Crippen LogP contribution in [0.25, 0.3) is 0 Å². The summed E-state index contributed by atoms with van der Waals surface area (Å²) >= 11 is 0. The molecule has 0 aromatic rings. The van der Waals surface area contributed by atoms with Crippen molar-refractivity contribution in [2.45, 2.75) is 95.9 Å². The zero-order chi connectivity index (χ0) is 14.5. The molecular weight excluding hydrogens is 258 g/mol. The molecule has 1 heterocycles. The summed E-state index contributed by atoms with van der Waals surface area (Å²) in [6.45, 7) is 0. The molecule has 2 aliphatic carbocycles. The Balaban J connectivity index is 1.78. The highest BCUT2D eigenvalue weighted by atomic mass is 16.2. The Hall–Kier alpha value is -0.530. The molecule has 2 nitrogen and oxygen atoms in total. The van der Waals surface area contributed by atoms with E-state index < -0.39 is 0 Å². The zero-order valence-electron chi connectivity index (χ0n) is 13.6. The number of carbonyl (C=O) groups is 1. The predicted molar refractivity (Wildman–Crippen MR) is 87.0 cm³/mol. The smallest absolute Gasteiger partial charge is 0.223 e. The van der Waals surface area contributed by atoms with E-state index in [0.29, 0.717) is 23.8 Å². The van der Waals surface area contributed by atoms with Gasteiger partial charge in [0, 0.05) is 12.0 Å². The van der Waals surface area contributed by atoms with E-state index in [1.54, 1.807) is 0 Å². The van der Waals surface area contributed by atoms with Crippen molar-refractivity contribution in [1.82, 2.24) is 5.32 Å². The predicted octanol–water partition coefficient (Wildman–Crippen LogP) is 4.82. The molecule has 0 bridgehead atoms. The highest BCUT2D eigenvalue weighted by Crippen LogP contribution is 2.41. The van der Waals surface area contributed by atoms with Crippen LogP contribution in [0.3, 0.4) is 0 Å². The van der Waals surface area contributed by atoms with Crippen LogP contribution in [0.1, 0.15) is 89.9 Å². The van der Waals surface area contributed by atoms with Crippen molar-refractivity contribution in [1.29, 1.82) is 0 Å². The minimum absolute atomic E-state index is 0.345. The van der Waals surface area contributed by atoms with Crippen LogP contribution in [-0.2, 0) is 4.79 Å². The molecule has 21 heavy (non-hydrogen) atoms. The molecule has 3 rings (SSSR count). The Morgan fingerprint density at radius 2 is 1.19 bits per heavy atom. The molecule has 1 amide bonds. The van der Waals surface area contributed by atoms with Gasteiger partial charge in [-0.05, 0) is 24.7 Å². The summed E-state index contributed by atoms with van der Waals surface area (Å²) in [4.78, 5) is 12.5. The largest absolute Gasteiger partial charge is 0.353 e. The zero-order valence-corrected chi connectivity index (χ0v) is 13.6. The lowest BCUT2D eigenvalue weighted by Crippen LogP contribution is -2.33. The Labute approximate surface area is 130 Å². The molecule has 1 aliphatic heterocycles. The second-order valence-electron chi connectivity index (χ2n) is 7.75. The molecule has 3 fully saturated rings. The minimum Gasteiger partial charge on any atom is -0.353 e. The van der Waals surface area contributed by atoms with Gasteiger partial charge < -0.3 is 5.32 Å². The third-order valence-electron chi connectivity index (χ3n) is 6.32. The third kappa shape index (κ3) is 3.81. The molecule has 1 saturated heterocycles. The topological polar surface area (TPSA) is 29.1 Å². The molecule has 4 unspecified atom stereocenters. The molecule has 120 valence electrons. The highest BCUT2D eigenvalue weighted by Gasteiger charge is 2.44. The van der Waals surface area contributed by atoms with Gasteiger partial charge in [0.05, 0.1) is 0 Å². The molecule has 0 aromatic heterocycles. The molecule has 2 saturated carbocycles. The summed E-state index contributed by atoms with van der Waals surface area (Å²) in [6, 6.07) is 0.505. The molecule has 0 aromatic carbocycles. The summed E-state index contributed by atoms with van der Waals surface area (Å²) in [5.74, 6) is 2.22. The second-order valence-corrected chi connectivity index (χ2v) is 7.75. The van der Waals surface area contributed by atoms with E-state index in [4.69, 9.17) is 0 Å². The summed E-state index contributed by atoms with van der Waals surface area (Å²) in [6.07, 6.45) is 18.9. The maximum Gasteiger partial charge on any atom is 0.223 e. The van der Waals surface area contributed by atoms with E-state index in [1.807, 2.05) is 0 Å². The highest BCUT2D eigenvalue weighted by molar-refractivity contribution is 5.81. The van der Waals surface area contributed by atoms with E-state index in [2.05, 4.69) is 5.32 Å². The van der Waals surface area contributed by atoms with E-state index in [9.17, 15) is 4.79 Å². The first-order valence-corrected chi connectivity index (χ1v) is 9.66. The van der Waals surface area contributed by atoms with Crippen LogP contribution in [0.4, 0.5) is 0 Å². The fourth-order valence-electron chi connectivity index (χ4n) is 5.22. The fourth-order valence-corrected chi connectivity index (χ4v) is 5.22. The van der Waals surface area contributed by atoms with Gasteiger partial charge in [-0.3, -0.25) is 4.79 Å². The van der Waals surface area contributed by atoms with E-state index >= 15 is 0 Å². The van der Waals surface area contributed by atoms with Crippen LogP contribution >= 0.6 is 0 Å². The second kappa shape index (κ2) is 7.65. The van der Waals surface area contributed by atoms with E-state index in [-0.39, 0.29) is 0 Å². The SMILES string of the molecule is O=C1NC2CCCCCCCC3CCCCCCCC1C32. The average molecular weight is 291 g/mol. The molecule has 2 heteroatoms. The van der Waals surface area contributed by atoms with Gasteiger partial charge in [0.2, 0.25) is 5.91 Å². The Bertz CT molecular complexity index is 334. The molecular formula is C19H33NO. The quantitative estimate of drug-likeness (QED) is 0.681. The summed E-state index contributed by atoms with van der Waals surface area (Å²) in [5, 5.41) is 3.40. The summed E-state index contributed by atoms with van der Waals surface area (Å²) in [5.41, 5.74) is 0. The van der Waals surface area contributed by atoms with Crippen LogP contribution in [0, 0.1) is 17.8 Å². The van der Waals surface area contributed by atoms with Gasteiger partial charge in [-0.15, -0.1) is 0 Å². The lowest BCUT2D eigenvalue weighted by atomic mass is 9.71. The van der Waals surface area contributed by atoms with Gasteiger partial charge in [0.1, 0.15) is 0 Å². The molecule has 0 radical (unpaired) electrons. The number of hydrogen-bond acceptors (Lipinski definition) is 1. The van der Waals surface area contributed by atoms with Crippen molar-refractivity contribution in [3.63, 3.8) is 0 Å². The van der Waals surface area contributed by atoms with Crippen molar-refractivity contribution in [2.75, 3.05) is 0 Å². The van der Waals surface area contributed by atoms with Gasteiger partial charge in [0.25, 0.3) is 0 Å². The summed E-state index contributed by atoms with van der Waals surface area (Å²) in [7, 11) is 0. The van der Waals surface area contributed by atoms with Gasteiger partial charge >= 0.3 is 0 Å².